The van der Waals surface area contributed by atoms with Gasteiger partial charge in [0.05, 0.1) is 22.7 Å². The Morgan fingerprint density at radius 2 is 1.71 bits per heavy atom. The second-order valence-electron chi connectivity index (χ2n) is 6.37. The highest BCUT2D eigenvalue weighted by atomic mass is 32.1. The number of rotatable bonds is 4. The number of aromatic nitrogens is 6. The monoisotopic (exact) mass is 459 g/mol. The van der Waals surface area contributed by atoms with Crippen molar-refractivity contribution < 1.29 is 26.3 Å². The summed E-state index contributed by atoms with van der Waals surface area (Å²) in [5.41, 5.74) is -3.42. The Morgan fingerprint density at radius 1 is 1.00 bits per heavy atom. The summed E-state index contributed by atoms with van der Waals surface area (Å²) < 4.78 is 84.8. The average molecular weight is 459 g/mol. The summed E-state index contributed by atoms with van der Waals surface area (Å²) in [4.78, 5) is 12.2. The third-order valence-corrected chi connectivity index (χ3v) is 5.06. The van der Waals surface area contributed by atoms with E-state index < -0.39 is 35.0 Å². The van der Waals surface area contributed by atoms with E-state index in [0.717, 1.165) is 0 Å². The third-order valence-electron chi connectivity index (χ3n) is 4.27. The minimum Gasteiger partial charge on any atom is -0.365 e. The predicted octanol–water partition coefficient (Wildman–Crippen LogP) is 4.88. The van der Waals surface area contributed by atoms with Crippen LogP contribution >= 0.6 is 11.5 Å². The number of halogens is 6. The fourth-order valence-electron chi connectivity index (χ4n) is 2.89. The third kappa shape index (κ3) is 4.02. The van der Waals surface area contributed by atoms with E-state index in [4.69, 9.17) is 0 Å². The van der Waals surface area contributed by atoms with Crippen molar-refractivity contribution in [1.82, 2.24) is 29.1 Å². The molecule has 0 amide bonds. The molecule has 0 aliphatic rings. The Hall–Kier alpha value is -3.29. The number of alkyl halides is 6. The molecule has 4 rings (SSSR count). The Morgan fingerprint density at radius 3 is 2.35 bits per heavy atom. The summed E-state index contributed by atoms with van der Waals surface area (Å²) in [5.74, 6) is 0.507. The van der Waals surface area contributed by atoms with Gasteiger partial charge < -0.3 is 5.32 Å². The molecule has 0 saturated carbocycles. The molecule has 0 radical (unpaired) electrons. The molecule has 7 nitrogen and oxygen atoms in total. The fourth-order valence-corrected chi connectivity index (χ4v) is 3.75. The van der Waals surface area contributed by atoms with Crippen LogP contribution in [-0.2, 0) is 12.4 Å². The molecular weight excluding hydrogens is 448 g/mol. The number of hydrogen-bond donors (Lipinski definition) is 1. The van der Waals surface area contributed by atoms with E-state index in [1.807, 2.05) is 0 Å². The van der Waals surface area contributed by atoms with Crippen LogP contribution in [0, 0.1) is 0 Å². The van der Waals surface area contributed by atoms with E-state index in [2.05, 4.69) is 29.7 Å². The molecule has 14 heteroatoms. The van der Waals surface area contributed by atoms with Gasteiger partial charge in [0.15, 0.2) is 5.82 Å². The second kappa shape index (κ2) is 7.44. The molecule has 4 aromatic rings. The Balaban J connectivity index is 1.76. The molecule has 0 aliphatic heterocycles. The standard InChI is InChI=1S/C17H11F6N7S/c1-8(13-26-7-27-30(13)15-24-3-2-4-25-15)28-14-10-5-9(16(18,19)20)6-11(17(21,22)23)12(10)29-31-14/h2-8,28H,1H3. The highest BCUT2D eigenvalue weighted by molar-refractivity contribution is 7.11. The number of anilines is 1. The normalized spacial score (nSPS) is 13.5. The van der Waals surface area contributed by atoms with Gasteiger partial charge >= 0.3 is 12.4 Å². The smallest absolute Gasteiger partial charge is 0.365 e. The molecule has 1 atom stereocenters. The number of nitrogens with one attached hydrogen (secondary N) is 1. The van der Waals surface area contributed by atoms with Crippen LogP contribution in [0.2, 0.25) is 0 Å². The van der Waals surface area contributed by atoms with Crippen molar-refractivity contribution in [1.29, 1.82) is 0 Å². The Bertz CT molecular complexity index is 1220. The predicted molar refractivity (Wildman–Crippen MR) is 98.6 cm³/mol. The molecule has 0 spiro atoms. The zero-order chi connectivity index (χ0) is 22.4. The summed E-state index contributed by atoms with van der Waals surface area (Å²) in [6.07, 6.45) is -5.75. The van der Waals surface area contributed by atoms with Crippen molar-refractivity contribution in [2.45, 2.75) is 25.3 Å². The molecule has 31 heavy (non-hydrogen) atoms. The van der Waals surface area contributed by atoms with Crippen molar-refractivity contribution >= 4 is 27.4 Å². The van der Waals surface area contributed by atoms with Gasteiger partial charge in [-0.3, -0.25) is 0 Å². The molecule has 3 heterocycles. The zero-order valence-corrected chi connectivity index (χ0v) is 16.2. The molecule has 162 valence electrons. The Kier molecular flexibility index (Phi) is 5.03. The second-order valence-corrected chi connectivity index (χ2v) is 7.15. The topological polar surface area (TPSA) is 81.4 Å². The fraction of sp³-hybridized carbons (Fsp3) is 0.235. The molecule has 0 fully saturated rings. The van der Waals surface area contributed by atoms with Crippen LogP contribution in [0.3, 0.4) is 0 Å². The first kappa shape index (κ1) is 21.0. The maximum atomic E-state index is 13.4. The Labute approximate surface area is 173 Å². The summed E-state index contributed by atoms with van der Waals surface area (Å²) in [6.45, 7) is 1.62. The highest BCUT2D eigenvalue weighted by Crippen LogP contribution is 2.43. The molecule has 3 aromatic heterocycles. The van der Waals surface area contributed by atoms with Crippen molar-refractivity contribution in [3.05, 3.63) is 53.9 Å². The SMILES string of the molecule is CC(Nc1snc2c(C(F)(F)F)cc(C(F)(F)F)cc12)c1ncnn1-c1ncccn1. The van der Waals surface area contributed by atoms with Gasteiger partial charge in [-0.1, -0.05) is 0 Å². The molecular formula is C17H11F6N7S. The van der Waals surface area contributed by atoms with Crippen LogP contribution in [0.5, 0.6) is 0 Å². The first-order chi connectivity index (χ1) is 14.6. The minimum atomic E-state index is -5.00. The lowest BCUT2D eigenvalue weighted by molar-refractivity contribution is -0.142. The summed E-state index contributed by atoms with van der Waals surface area (Å²) in [5, 5.41) is 6.64. The lowest BCUT2D eigenvalue weighted by Crippen LogP contribution is -2.15. The lowest BCUT2D eigenvalue weighted by atomic mass is 10.1. The van der Waals surface area contributed by atoms with E-state index in [9.17, 15) is 26.3 Å². The maximum absolute atomic E-state index is 13.4. The van der Waals surface area contributed by atoms with Gasteiger partial charge in [-0.05, 0) is 36.7 Å². The van der Waals surface area contributed by atoms with Crippen molar-refractivity contribution in [3.63, 3.8) is 0 Å². The van der Waals surface area contributed by atoms with E-state index in [0.29, 0.717) is 23.4 Å². The van der Waals surface area contributed by atoms with Crippen LogP contribution in [-0.4, -0.2) is 29.1 Å². The molecule has 0 saturated heterocycles. The number of nitrogens with zero attached hydrogens (tertiary/aromatic N) is 6. The van der Waals surface area contributed by atoms with E-state index in [1.165, 1.54) is 23.4 Å². The molecule has 1 N–H and O–H groups in total. The van der Waals surface area contributed by atoms with Gasteiger partial charge in [-0.15, -0.1) is 0 Å². The maximum Gasteiger partial charge on any atom is 0.418 e. The van der Waals surface area contributed by atoms with Crippen molar-refractivity contribution in [2.75, 3.05) is 5.32 Å². The molecule has 1 aromatic carbocycles. The van der Waals surface area contributed by atoms with Crippen LogP contribution in [0.25, 0.3) is 16.9 Å². The molecule has 0 bridgehead atoms. The number of benzene rings is 1. The largest absolute Gasteiger partial charge is 0.418 e. The number of fused-ring (bicyclic) bond motifs is 1. The zero-order valence-electron chi connectivity index (χ0n) is 15.4. The van der Waals surface area contributed by atoms with Gasteiger partial charge in [-0.2, -0.15) is 40.5 Å². The van der Waals surface area contributed by atoms with E-state index >= 15 is 0 Å². The summed E-state index contributed by atoms with van der Waals surface area (Å²) in [7, 11) is 0. The van der Waals surface area contributed by atoms with E-state index in [1.54, 1.807) is 13.0 Å². The van der Waals surface area contributed by atoms with Crippen LogP contribution in [0.4, 0.5) is 31.3 Å². The molecule has 0 aliphatic carbocycles. The quantitative estimate of drug-likeness (QED) is 0.438. The first-order valence-electron chi connectivity index (χ1n) is 8.57. The van der Waals surface area contributed by atoms with Crippen LogP contribution in [0.15, 0.2) is 36.9 Å². The highest BCUT2D eigenvalue weighted by Gasteiger charge is 2.39. The average Bonchev–Trinajstić information content (AvgIpc) is 3.34. The van der Waals surface area contributed by atoms with Crippen LogP contribution in [0.1, 0.15) is 29.9 Å². The summed E-state index contributed by atoms with van der Waals surface area (Å²) >= 11 is 0.623. The van der Waals surface area contributed by atoms with Gasteiger partial charge in [-0.25, -0.2) is 15.0 Å². The van der Waals surface area contributed by atoms with Gasteiger partial charge in [0, 0.05) is 17.8 Å². The van der Waals surface area contributed by atoms with Gasteiger partial charge in [0.1, 0.15) is 11.3 Å². The lowest BCUT2D eigenvalue weighted by Gasteiger charge is -2.15. The van der Waals surface area contributed by atoms with E-state index in [-0.39, 0.29) is 22.4 Å². The molecule has 1 unspecified atom stereocenters. The number of hydrogen-bond acceptors (Lipinski definition) is 7. The van der Waals surface area contributed by atoms with Gasteiger partial charge in [0.25, 0.3) is 5.95 Å². The van der Waals surface area contributed by atoms with Gasteiger partial charge in [0.2, 0.25) is 0 Å². The summed E-state index contributed by atoms with van der Waals surface area (Å²) in [6, 6.07) is 1.65. The van der Waals surface area contributed by atoms with Crippen molar-refractivity contribution in [2.24, 2.45) is 0 Å². The van der Waals surface area contributed by atoms with Crippen molar-refractivity contribution in [3.8, 4) is 5.95 Å². The first-order valence-corrected chi connectivity index (χ1v) is 9.34. The minimum absolute atomic E-state index is 0.0302. The van der Waals surface area contributed by atoms with Crippen LogP contribution < -0.4 is 5.32 Å².